The molecule has 1 amide bonds. The summed E-state index contributed by atoms with van der Waals surface area (Å²) in [6.07, 6.45) is 0.485. The van der Waals surface area contributed by atoms with Crippen LogP contribution in [0.5, 0.6) is 0 Å². The summed E-state index contributed by atoms with van der Waals surface area (Å²) < 4.78 is 26.5. The molecule has 0 aliphatic carbocycles. The molecule has 0 N–H and O–H groups in total. The number of amides is 1. The molecule has 0 radical (unpaired) electrons. The average molecular weight is 324 g/mol. The first-order valence-corrected chi connectivity index (χ1v) is 8.97. The van der Waals surface area contributed by atoms with Gasteiger partial charge in [-0.05, 0) is 17.5 Å². The predicted molar refractivity (Wildman–Crippen MR) is 85.9 cm³/mol. The van der Waals surface area contributed by atoms with Crippen LogP contribution in [-0.2, 0) is 14.8 Å². The van der Waals surface area contributed by atoms with Crippen LogP contribution in [0.25, 0.3) is 0 Å². The summed E-state index contributed by atoms with van der Waals surface area (Å²) in [5.41, 5.74) is -0.0513. The second-order valence-corrected chi connectivity index (χ2v) is 8.77. The van der Waals surface area contributed by atoms with Crippen LogP contribution in [0.1, 0.15) is 27.2 Å². The van der Waals surface area contributed by atoms with E-state index >= 15 is 0 Å². The van der Waals surface area contributed by atoms with Gasteiger partial charge in [0, 0.05) is 32.6 Å². The summed E-state index contributed by atoms with van der Waals surface area (Å²) in [4.78, 5) is 14.3. The summed E-state index contributed by atoms with van der Waals surface area (Å²) in [5.74, 6) is 0.101. The highest BCUT2D eigenvalue weighted by Crippen LogP contribution is 2.22. The predicted octanol–water partition coefficient (Wildman–Crippen LogP) is 1.96. The van der Waals surface area contributed by atoms with E-state index < -0.39 is 10.0 Å². The molecule has 22 heavy (non-hydrogen) atoms. The zero-order valence-corrected chi connectivity index (χ0v) is 14.3. The molecule has 6 heteroatoms. The maximum atomic E-state index is 12.5. The lowest BCUT2D eigenvalue weighted by Crippen LogP contribution is -2.50. The van der Waals surface area contributed by atoms with E-state index in [2.05, 4.69) is 0 Å². The van der Waals surface area contributed by atoms with E-state index in [1.165, 1.54) is 4.31 Å². The van der Waals surface area contributed by atoms with Crippen LogP contribution in [0.2, 0.25) is 0 Å². The Kier molecular flexibility index (Phi) is 4.92. The van der Waals surface area contributed by atoms with E-state index in [1.807, 2.05) is 20.8 Å². The minimum atomic E-state index is -3.45. The molecule has 5 nitrogen and oxygen atoms in total. The molecule has 0 atom stereocenters. The molecule has 1 aliphatic heterocycles. The molecule has 1 aromatic carbocycles. The quantitative estimate of drug-likeness (QED) is 0.854. The van der Waals surface area contributed by atoms with Crippen molar-refractivity contribution < 1.29 is 13.2 Å². The average Bonchev–Trinajstić information content (AvgIpc) is 2.46. The summed E-state index contributed by atoms with van der Waals surface area (Å²) in [6, 6.07) is 8.44. The first kappa shape index (κ1) is 17.0. The van der Waals surface area contributed by atoms with Gasteiger partial charge in [-0.3, -0.25) is 4.79 Å². The van der Waals surface area contributed by atoms with Crippen molar-refractivity contribution in [1.82, 2.24) is 9.21 Å². The highest BCUT2D eigenvalue weighted by Gasteiger charge is 2.30. The van der Waals surface area contributed by atoms with Gasteiger partial charge in [0.05, 0.1) is 4.90 Å². The van der Waals surface area contributed by atoms with Gasteiger partial charge < -0.3 is 4.90 Å². The fraction of sp³-hybridized carbons (Fsp3) is 0.562. The van der Waals surface area contributed by atoms with Gasteiger partial charge in [-0.1, -0.05) is 39.0 Å². The third kappa shape index (κ3) is 4.08. The molecule has 122 valence electrons. The second-order valence-electron chi connectivity index (χ2n) is 6.84. The molecule has 2 rings (SSSR count). The van der Waals surface area contributed by atoms with Gasteiger partial charge in [0.2, 0.25) is 15.9 Å². The Morgan fingerprint density at radius 3 is 2.09 bits per heavy atom. The topological polar surface area (TPSA) is 57.7 Å². The molecule has 1 fully saturated rings. The van der Waals surface area contributed by atoms with Gasteiger partial charge in [0.1, 0.15) is 0 Å². The van der Waals surface area contributed by atoms with Gasteiger partial charge in [-0.2, -0.15) is 4.31 Å². The van der Waals surface area contributed by atoms with Crippen molar-refractivity contribution in [3.8, 4) is 0 Å². The number of benzene rings is 1. The van der Waals surface area contributed by atoms with E-state index in [4.69, 9.17) is 0 Å². The van der Waals surface area contributed by atoms with Crippen LogP contribution >= 0.6 is 0 Å². The van der Waals surface area contributed by atoms with Gasteiger partial charge in [0.25, 0.3) is 0 Å². The van der Waals surface area contributed by atoms with Crippen LogP contribution < -0.4 is 0 Å². The maximum Gasteiger partial charge on any atom is 0.243 e. The van der Waals surface area contributed by atoms with Crippen LogP contribution in [0.15, 0.2) is 35.2 Å². The number of carbonyl (C=O) groups excluding carboxylic acids is 1. The van der Waals surface area contributed by atoms with Crippen LogP contribution in [0.4, 0.5) is 0 Å². The molecule has 1 saturated heterocycles. The molecular weight excluding hydrogens is 300 g/mol. The summed E-state index contributed by atoms with van der Waals surface area (Å²) in [5, 5.41) is 0. The van der Waals surface area contributed by atoms with Gasteiger partial charge >= 0.3 is 0 Å². The Hall–Kier alpha value is -1.40. The third-order valence-corrected chi connectivity index (χ3v) is 5.57. The zero-order chi connectivity index (χ0) is 16.4. The molecular formula is C16H24N2O3S. The molecule has 0 saturated carbocycles. The molecule has 1 heterocycles. The second kappa shape index (κ2) is 6.38. The number of sulfonamides is 1. The fourth-order valence-electron chi connectivity index (χ4n) is 2.48. The molecule has 0 spiro atoms. The Morgan fingerprint density at radius 1 is 1.05 bits per heavy atom. The molecule has 0 aromatic heterocycles. The lowest BCUT2D eigenvalue weighted by Gasteiger charge is -2.35. The maximum absolute atomic E-state index is 12.5. The monoisotopic (exact) mass is 324 g/mol. The highest BCUT2D eigenvalue weighted by atomic mass is 32.2. The smallest absolute Gasteiger partial charge is 0.243 e. The standard InChI is InChI=1S/C16H24N2O3S/c1-16(2,3)13-15(19)17-9-11-18(12-10-17)22(20,21)14-7-5-4-6-8-14/h4-8H,9-13H2,1-3H3. The van der Waals surface area contributed by atoms with Crippen molar-refractivity contribution in [3.05, 3.63) is 30.3 Å². The van der Waals surface area contributed by atoms with E-state index in [0.29, 0.717) is 37.5 Å². The summed E-state index contributed by atoms with van der Waals surface area (Å²) in [7, 11) is -3.45. The number of nitrogens with zero attached hydrogens (tertiary/aromatic N) is 2. The van der Waals surface area contributed by atoms with Crippen molar-refractivity contribution in [2.45, 2.75) is 32.1 Å². The van der Waals surface area contributed by atoms with Gasteiger partial charge in [-0.15, -0.1) is 0 Å². The Bertz CT molecular complexity index is 613. The number of hydrogen-bond acceptors (Lipinski definition) is 3. The third-order valence-electron chi connectivity index (χ3n) is 3.65. The Balaban J connectivity index is 1.99. The van der Waals surface area contributed by atoms with Crippen LogP contribution in [0, 0.1) is 5.41 Å². The zero-order valence-electron chi connectivity index (χ0n) is 13.4. The molecule has 0 bridgehead atoms. The van der Waals surface area contributed by atoms with Crippen molar-refractivity contribution >= 4 is 15.9 Å². The minimum absolute atomic E-state index is 0.0513. The van der Waals surface area contributed by atoms with E-state index in [0.717, 1.165) is 0 Å². The fourth-order valence-corrected chi connectivity index (χ4v) is 3.93. The number of rotatable bonds is 3. The van der Waals surface area contributed by atoms with E-state index in [9.17, 15) is 13.2 Å². The molecule has 0 unspecified atom stereocenters. The first-order chi connectivity index (χ1) is 10.2. The Morgan fingerprint density at radius 2 is 1.59 bits per heavy atom. The van der Waals surface area contributed by atoms with Gasteiger partial charge in [0.15, 0.2) is 0 Å². The highest BCUT2D eigenvalue weighted by molar-refractivity contribution is 7.89. The molecule has 1 aliphatic rings. The van der Waals surface area contributed by atoms with Crippen molar-refractivity contribution in [3.63, 3.8) is 0 Å². The number of carbonyl (C=O) groups is 1. The normalized spacial score (nSPS) is 17.5. The van der Waals surface area contributed by atoms with Gasteiger partial charge in [-0.25, -0.2) is 8.42 Å². The number of hydrogen-bond donors (Lipinski definition) is 0. The summed E-state index contributed by atoms with van der Waals surface area (Å²) >= 11 is 0. The lowest BCUT2D eigenvalue weighted by atomic mass is 9.91. The summed E-state index contributed by atoms with van der Waals surface area (Å²) in [6.45, 7) is 7.71. The van der Waals surface area contributed by atoms with Crippen molar-refractivity contribution in [2.75, 3.05) is 26.2 Å². The first-order valence-electron chi connectivity index (χ1n) is 7.53. The van der Waals surface area contributed by atoms with Crippen LogP contribution in [-0.4, -0.2) is 49.7 Å². The molecule has 1 aromatic rings. The van der Waals surface area contributed by atoms with Crippen molar-refractivity contribution in [1.29, 1.82) is 0 Å². The SMILES string of the molecule is CC(C)(C)CC(=O)N1CCN(S(=O)(=O)c2ccccc2)CC1. The van der Waals surface area contributed by atoms with E-state index in [-0.39, 0.29) is 11.3 Å². The minimum Gasteiger partial charge on any atom is -0.340 e. The number of piperazine rings is 1. The Labute approximate surface area is 133 Å². The van der Waals surface area contributed by atoms with E-state index in [1.54, 1.807) is 35.2 Å². The van der Waals surface area contributed by atoms with Crippen molar-refractivity contribution in [2.24, 2.45) is 5.41 Å². The largest absolute Gasteiger partial charge is 0.340 e. The van der Waals surface area contributed by atoms with Crippen LogP contribution in [0.3, 0.4) is 0 Å². The lowest BCUT2D eigenvalue weighted by molar-refractivity contribution is -0.134.